The van der Waals surface area contributed by atoms with Gasteiger partial charge in [-0.1, -0.05) is 23.7 Å². The maximum Gasteiger partial charge on any atom is 0.419 e. The molecule has 0 fully saturated rings. The quantitative estimate of drug-likeness (QED) is 0.674. The van der Waals surface area contributed by atoms with Crippen LogP contribution in [-0.2, 0) is 28.2 Å². The van der Waals surface area contributed by atoms with Gasteiger partial charge in [-0.3, -0.25) is 9.36 Å². The Hall–Kier alpha value is -2.58. The van der Waals surface area contributed by atoms with Gasteiger partial charge in [-0.25, -0.2) is 13.2 Å². The van der Waals surface area contributed by atoms with E-state index in [2.05, 4.69) is 5.32 Å². The van der Waals surface area contributed by atoms with Gasteiger partial charge in [-0.2, -0.15) is 0 Å². The van der Waals surface area contributed by atoms with E-state index in [0.29, 0.717) is 10.5 Å². The molecule has 0 aliphatic heterocycles. The summed E-state index contributed by atoms with van der Waals surface area (Å²) in [7, 11) is -2.15. The first-order chi connectivity index (χ1) is 12.8. The predicted molar refractivity (Wildman–Crippen MR) is 101 cm³/mol. The predicted octanol–water partition coefficient (Wildman–Crippen LogP) is 2.27. The van der Waals surface area contributed by atoms with E-state index >= 15 is 0 Å². The molecule has 1 heterocycles. The average Bonchev–Trinajstić information content (AvgIpc) is 2.93. The fraction of sp³-hybridized carbons (Fsp3) is 0.222. The lowest BCUT2D eigenvalue weighted by Crippen LogP contribution is -2.25. The number of carbonyl (C=O) groups excluding carboxylic acids is 1. The third-order valence-electron chi connectivity index (χ3n) is 4.12. The van der Waals surface area contributed by atoms with Crippen molar-refractivity contribution in [2.24, 2.45) is 7.05 Å². The molecule has 0 spiro atoms. The summed E-state index contributed by atoms with van der Waals surface area (Å²) in [6.07, 6.45) is -0.174. The number of fused-ring (bicyclic) bond motifs is 1. The largest absolute Gasteiger partial charge is 0.419 e. The SMILES string of the molecule is Cn1c(=O)oc2cc(S(=O)(=O)CCC(=O)NCc3ccc(Cl)cc3)ccc21. The number of aryl methyl sites for hydroxylation is 1. The Morgan fingerprint density at radius 2 is 1.89 bits per heavy atom. The Bertz CT molecular complexity index is 1150. The standard InChI is InChI=1S/C18H17ClN2O5S/c1-21-15-7-6-14(10-16(15)26-18(21)23)27(24,25)9-8-17(22)20-11-12-2-4-13(19)5-3-12/h2-7,10H,8-9,11H2,1H3,(H,20,22). The van der Waals surface area contributed by atoms with Crippen LogP contribution in [0.25, 0.3) is 11.1 Å². The number of oxazole rings is 1. The molecule has 0 atom stereocenters. The van der Waals surface area contributed by atoms with E-state index in [4.69, 9.17) is 16.0 Å². The Labute approximate surface area is 160 Å². The molecular weight excluding hydrogens is 392 g/mol. The number of nitrogens with zero attached hydrogens (tertiary/aromatic N) is 1. The van der Waals surface area contributed by atoms with Gasteiger partial charge in [0, 0.05) is 31.1 Å². The molecule has 2 aromatic carbocycles. The lowest BCUT2D eigenvalue weighted by Gasteiger charge is -2.07. The summed E-state index contributed by atoms with van der Waals surface area (Å²) in [5, 5.41) is 3.27. The minimum atomic E-state index is -3.69. The second-order valence-corrected chi connectivity index (χ2v) is 8.57. The molecule has 9 heteroatoms. The number of halogens is 1. The van der Waals surface area contributed by atoms with Crippen LogP contribution in [0.5, 0.6) is 0 Å². The van der Waals surface area contributed by atoms with Crippen LogP contribution in [0, 0.1) is 0 Å². The van der Waals surface area contributed by atoms with E-state index in [1.807, 2.05) is 0 Å². The number of hydrogen-bond donors (Lipinski definition) is 1. The Kier molecular flexibility index (Phi) is 5.38. The number of aromatic nitrogens is 1. The van der Waals surface area contributed by atoms with Crippen LogP contribution < -0.4 is 11.1 Å². The van der Waals surface area contributed by atoms with Crippen molar-refractivity contribution in [3.05, 3.63) is 63.6 Å². The second kappa shape index (κ2) is 7.58. The van der Waals surface area contributed by atoms with Crippen LogP contribution in [0.2, 0.25) is 5.02 Å². The Morgan fingerprint density at radius 1 is 1.19 bits per heavy atom. The van der Waals surface area contributed by atoms with E-state index in [1.165, 1.54) is 29.8 Å². The lowest BCUT2D eigenvalue weighted by molar-refractivity contribution is -0.120. The van der Waals surface area contributed by atoms with Gasteiger partial charge in [0.2, 0.25) is 5.91 Å². The number of carbonyl (C=O) groups is 1. The zero-order valence-electron chi connectivity index (χ0n) is 14.4. The first-order valence-corrected chi connectivity index (χ1v) is 10.1. The molecule has 0 bridgehead atoms. The summed E-state index contributed by atoms with van der Waals surface area (Å²) in [4.78, 5) is 23.5. The van der Waals surface area contributed by atoms with Crippen molar-refractivity contribution < 1.29 is 17.6 Å². The molecule has 0 radical (unpaired) electrons. The topological polar surface area (TPSA) is 98.4 Å². The highest BCUT2D eigenvalue weighted by Crippen LogP contribution is 2.19. The number of hydrogen-bond acceptors (Lipinski definition) is 5. The van der Waals surface area contributed by atoms with E-state index in [0.717, 1.165) is 5.56 Å². The fourth-order valence-electron chi connectivity index (χ4n) is 2.54. The normalized spacial score (nSPS) is 11.6. The summed E-state index contributed by atoms with van der Waals surface area (Å²) < 4.78 is 31.2. The monoisotopic (exact) mass is 408 g/mol. The highest BCUT2D eigenvalue weighted by molar-refractivity contribution is 7.91. The molecule has 3 aromatic rings. The number of rotatable bonds is 6. The van der Waals surface area contributed by atoms with Crippen LogP contribution in [0.3, 0.4) is 0 Å². The van der Waals surface area contributed by atoms with Gasteiger partial charge in [0.15, 0.2) is 15.4 Å². The second-order valence-electron chi connectivity index (χ2n) is 6.03. The molecule has 0 saturated carbocycles. The summed E-state index contributed by atoms with van der Waals surface area (Å²) >= 11 is 5.80. The Balaban J connectivity index is 1.63. The van der Waals surface area contributed by atoms with Gasteiger partial charge in [-0.05, 0) is 29.8 Å². The highest BCUT2D eigenvalue weighted by atomic mass is 35.5. The average molecular weight is 409 g/mol. The van der Waals surface area contributed by atoms with E-state index in [1.54, 1.807) is 24.3 Å². The van der Waals surface area contributed by atoms with Crippen LogP contribution in [0.15, 0.2) is 56.6 Å². The van der Waals surface area contributed by atoms with Crippen molar-refractivity contribution in [3.63, 3.8) is 0 Å². The Morgan fingerprint density at radius 3 is 2.59 bits per heavy atom. The molecule has 0 aliphatic rings. The van der Waals surface area contributed by atoms with Crippen LogP contribution in [0.4, 0.5) is 0 Å². The van der Waals surface area contributed by atoms with Gasteiger partial charge >= 0.3 is 5.76 Å². The van der Waals surface area contributed by atoms with Crippen LogP contribution in [-0.4, -0.2) is 24.6 Å². The van der Waals surface area contributed by atoms with Crippen molar-refractivity contribution >= 4 is 38.4 Å². The maximum absolute atomic E-state index is 12.5. The smallest absolute Gasteiger partial charge is 0.408 e. The summed E-state index contributed by atoms with van der Waals surface area (Å²) in [5.74, 6) is -1.29. The lowest BCUT2D eigenvalue weighted by atomic mass is 10.2. The number of sulfone groups is 1. The molecule has 0 aliphatic carbocycles. The minimum absolute atomic E-state index is 0.00912. The highest BCUT2D eigenvalue weighted by Gasteiger charge is 2.18. The van der Waals surface area contributed by atoms with Crippen molar-refractivity contribution in [2.45, 2.75) is 17.9 Å². The van der Waals surface area contributed by atoms with Gasteiger partial charge in [0.25, 0.3) is 0 Å². The van der Waals surface area contributed by atoms with E-state index < -0.39 is 15.6 Å². The third kappa shape index (κ3) is 4.40. The van der Waals surface area contributed by atoms with Gasteiger partial charge in [0.05, 0.1) is 16.2 Å². The zero-order chi connectivity index (χ0) is 19.6. The van der Waals surface area contributed by atoms with Gasteiger partial charge in [-0.15, -0.1) is 0 Å². The van der Waals surface area contributed by atoms with E-state index in [-0.39, 0.29) is 35.1 Å². The summed E-state index contributed by atoms with van der Waals surface area (Å²) in [6, 6.07) is 11.2. The molecule has 1 aromatic heterocycles. The number of benzene rings is 2. The fourth-order valence-corrected chi connectivity index (χ4v) is 3.92. The number of amides is 1. The third-order valence-corrected chi connectivity index (χ3v) is 6.09. The minimum Gasteiger partial charge on any atom is -0.408 e. The molecule has 27 heavy (non-hydrogen) atoms. The van der Waals surface area contributed by atoms with Crippen LogP contribution >= 0.6 is 11.6 Å². The summed E-state index contributed by atoms with van der Waals surface area (Å²) in [5.41, 5.74) is 1.55. The first kappa shape index (κ1) is 19.2. The van der Waals surface area contributed by atoms with Crippen molar-refractivity contribution in [2.75, 3.05) is 5.75 Å². The molecule has 0 unspecified atom stereocenters. The van der Waals surface area contributed by atoms with E-state index in [9.17, 15) is 18.0 Å². The van der Waals surface area contributed by atoms with Crippen molar-refractivity contribution in [1.29, 1.82) is 0 Å². The zero-order valence-corrected chi connectivity index (χ0v) is 16.0. The van der Waals surface area contributed by atoms with Crippen molar-refractivity contribution in [3.8, 4) is 0 Å². The molecular formula is C18H17ClN2O5S. The molecule has 0 saturated heterocycles. The van der Waals surface area contributed by atoms with Crippen molar-refractivity contribution in [1.82, 2.24) is 9.88 Å². The molecule has 3 rings (SSSR count). The van der Waals surface area contributed by atoms with Gasteiger partial charge < -0.3 is 9.73 Å². The molecule has 142 valence electrons. The molecule has 1 N–H and O–H groups in total. The van der Waals surface area contributed by atoms with Gasteiger partial charge in [0.1, 0.15) is 0 Å². The van der Waals surface area contributed by atoms with Crippen LogP contribution in [0.1, 0.15) is 12.0 Å². The molecule has 1 amide bonds. The first-order valence-electron chi connectivity index (χ1n) is 8.10. The molecule has 7 nitrogen and oxygen atoms in total. The maximum atomic E-state index is 12.5. The number of nitrogens with one attached hydrogen (secondary N) is 1. The summed E-state index contributed by atoms with van der Waals surface area (Å²) in [6.45, 7) is 0.289.